The maximum atomic E-state index is 13.2. The summed E-state index contributed by atoms with van der Waals surface area (Å²) >= 11 is 0. The lowest BCUT2D eigenvalue weighted by Gasteiger charge is -2.64. The lowest BCUT2D eigenvalue weighted by molar-refractivity contribution is -0.199. The minimum atomic E-state index is -0.658. The summed E-state index contributed by atoms with van der Waals surface area (Å²) in [6.45, 7) is 10.8. The number of hydrogen-bond donors (Lipinski definition) is 3. The van der Waals surface area contributed by atoms with Crippen LogP contribution in [-0.4, -0.2) is 48.7 Å². The highest BCUT2D eigenvalue weighted by Crippen LogP contribution is 2.65. The lowest BCUT2D eigenvalue weighted by atomic mass is 9.43. The molecule has 7 atom stereocenters. The molecule has 7 nitrogen and oxygen atoms in total. The van der Waals surface area contributed by atoms with Gasteiger partial charge in [-0.1, -0.05) is 72.1 Å². The molecule has 0 aromatic rings. The van der Waals surface area contributed by atoms with Crippen LogP contribution in [-0.2, 0) is 18.9 Å². The predicted octanol–water partition coefficient (Wildman–Crippen LogP) is 4.12. The van der Waals surface area contributed by atoms with Gasteiger partial charge in [-0.15, -0.1) is 0 Å². The minimum Gasteiger partial charge on any atom is -0.404 e. The van der Waals surface area contributed by atoms with Crippen molar-refractivity contribution in [2.45, 2.75) is 141 Å². The van der Waals surface area contributed by atoms with Gasteiger partial charge in [-0.25, -0.2) is 0 Å². The van der Waals surface area contributed by atoms with Crippen molar-refractivity contribution in [3.05, 3.63) is 0 Å². The largest absolute Gasteiger partial charge is 0.481 e. The Morgan fingerprint density at radius 2 is 1.78 bits per heavy atom. The molecule has 1 heterocycles. The Hall–Kier alpha value is -1.12. The summed E-state index contributed by atoms with van der Waals surface area (Å²) < 4.78 is 13.2. The van der Waals surface area contributed by atoms with Crippen molar-refractivity contribution < 1.29 is 18.9 Å². The molecular formula is C28H50BN3O4. The zero-order valence-corrected chi connectivity index (χ0v) is 23.3. The van der Waals surface area contributed by atoms with Gasteiger partial charge in [-0.05, 0) is 62.7 Å². The normalized spacial score (nSPS) is 33.7. The lowest BCUT2D eigenvalue weighted by Crippen LogP contribution is -2.65. The molecule has 204 valence electrons. The van der Waals surface area contributed by atoms with Crippen molar-refractivity contribution >= 4 is 18.9 Å². The molecule has 0 aromatic heterocycles. The van der Waals surface area contributed by atoms with Gasteiger partial charge in [0.2, 0.25) is 11.8 Å². The van der Waals surface area contributed by atoms with Crippen LogP contribution in [0.1, 0.15) is 112 Å². The van der Waals surface area contributed by atoms with Crippen LogP contribution in [0, 0.1) is 23.2 Å². The van der Waals surface area contributed by atoms with E-state index in [4.69, 9.17) is 15.0 Å². The average Bonchev–Trinajstić information content (AvgIpc) is 3.20. The molecule has 0 radical (unpaired) electrons. The first-order valence-electron chi connectivity index (χ1n) is 14.8. The molecule has 2 bridgehead atoms. The molecule has 0 spiro atoms. The van der Waals surface area contributed by atoms with Crippen LogP contribution in [0.25, 0.3) is 0 Å². The van der Waals surface area contributed by atoms with E-state index in [1.54, 1.807) is 6.92 Å². The Morgan fingerprint density at radius 3 is 2.44 bits per heavy atom. The third-order valence-electron chi connectivity index (χ3n) is 10.1. The third-order valence-corrected chi connectivity index (χ3v) is 10.1. The van der Waals surface area contributed by atoms with E-state index in [1.165, 1.54) is 25.7 Å². The molecule has 2 amide bonds. The Labute approximate surface area is 218 Å². The van der Waals surface area contributed by atoms with Crippen molar-refractivity contribution in [3.8, 4) is 0 Å². The first-order valence-corrected chi connectivity index (χ1v) is 14.8. The van der Waals surface area contributed by atoms with E-state index in [0.29, 0.717) is 24.2 Å². The highest BCUT2D eigenvalue weighted by Gasteiger charge is 2.68. The molecule has 5 rings (SSSR count). The fourth-order valence-electron chi connectivity index (χ4n) is 7.54. The summed E-state index contributed by atoms with van der Waals surface area (Å²) in [5.74, 6) is 1.01. The number of nitrogens with two attached hydrogens (primary N) is 1. The van der Waals surface area contributed by atoms with E-state index in [0.717, 1.165) is 44.9 Å². The topological polar surface area (TPSA) is 103 Å². The maximum absolute atomic E-state index is 13.2. The molecule has 5 aliphatic rings. The summed E-state index contributed by atoms with van der Waals surface area (Å²) in [6, 6.07) is -1.22. The first-order chi connectivity index (χ1) is 17.1. The van der Waals surface area contributed by atoms with Crippen molar-refractivity contribution in [1.82, 2.24) is 10.6 Å². The molecule has 4 saturated carbocycles. The zero-order valence-electron chi connectivity index (χ0n) is 23.3. The second-order valence-electron chi connectivity index (χ2n) is 13.0. The summed E-state index contributed by atoms with van der Waals surface area (Å²) in [5.41, 5.74) is 6.19. The molecule has 0 unspecified atom stereocenters. The van der Waals surface area contributed by atoms with E-state index in [9.17, 15) is 9.59 Å². The monoisotopic (exact) mass is 503 g/mol. The summed E-state index contributed by atoms with van der Waals surface area (Å²) in [4.78, 5) is 25.9. The van der Waals surface area contributed by atoms with E-state index in [-0.39, 0.29) is 34.9 Å². The van der Waals surface area contributed by atoms with Crippen LogP contribution >= 0.6 is 0 Å². The maximum Gasteiger partial charge on any atom is 0.481 e. The Bertz CT molecular complexity index is 789. The Morgan fingerprint density at radius 1 is 1.06 bits per heavy atom. The fourth-order valence-corrected chi connectivity index (χ4v) is 7.54. The third kappa shape index (κ3) is 5.66. The number of nitrogens with one attached hydrogen (secondary N) is 2. The molecular weight excluding hydrogens is 453 g/mol. The smallest absolute Gasteiger partial charge is 0.404 e. The number of hydrogen-bond acceptors (Lipinski definition) is 5. The summed E-state index contributed by atoms with van der Waals surface area (Å²) in [7, 11) is -0.451. The second kappa shape index (κ2) is 11.3. The zero-order chi connectivity index (χ0) is 26.1. The molecule has 8 heteroatoms. The quantitative estimate of drug-likeness (QED) is 0.291. The molecule has 36 heavy (non-hydrogen) atoms. The van der Waals surface area contributed by atoms with E-state index in [1.807, 2.05) is 0 Å². The number of carbonyl (C=O) groups excluding carboxylic acids is 2. The highest BCUT2D eigenvalue weighted by atomic mass is 16.7. The van der Waals surface area contributed by atoms with Gasteiger partial charge >= 0.3 is 7.12 Å². The van der Waals surface area contributed by atoms with Crippen LogP contribution in [0.2, 0.25) is 0 Å². The molecule has 4 aliphatic carbocycles. The molecule has 0 aromatic carbocycles. The number of carbonyl (C=O) groups is 2. The van der Waals surface area contributed by atoms with Gasteiger partial charge in [-0.2, -0.15) is 0 Å². The standard InChI is InChI=1S/C28H50BN3O4/c1-6-7-9-14-24(29-35-23-17-20-16-22(27(20,3)4)28(23,5)36-29)32-25(33)18(2)31-26(34)21(30)15-19-12-10-8-11-13-19/h18-24H,6-17,30H2,1-5H3,(H,31,34)(H,32,33)/t18-,20-,21+,22-,23+,24-,28-/m0/s1. The fraction of sp³-hybridized carbons (Fsp3) is 0.929. The van der Waals surface area contributed by atoms with Gasteiger partial charge in [0.05, 0.1) is 23.7 Å². The summed E-state index contributed by atoms with van der Waals surface area (Å²) in [6.07, 6.45) is 13.0. The van der Waals surface area contributed by atoms with Crippen LogP contribution < -0.4 is 16.4 Å². The molecule has 5 fully saturated rings. The van der Waals surface area contributed by atoms with Gasteiger partial charge in [0.1, 0.15) is 6.04 Å². The molecule has 1 aliphatic heterocycles. The Kier molecular flexibility index (Phi) is 8.78. The number of amides is 2. The first kappa shape index (κ1) is 27.9. The van der Waals surface area contributed by atoms with Crippen molar-refractivity contribution in [1.29, 1.82) is 0 Å². The van der Waals surface area contributed by atoms with Gasteiger partial charge in [0, 0.05) is 0 Å². The van der Waals surface area contributed by atoms with Crippen LogP contribution in [0.15, 0.2) is 0 Å². The summed E-state index contributed by atoms with van der Waals surface area (Å²) in [5, 5.41) is 6.03. The second-order valence-corrected chi connectivity index (χ2v) is 13.0. The van der Waals surface area contributed by atoms with Crippen LogP contribution in [0.4, 0.5) is 0 Å². The van der Waals surface area contributed by atoms with Crippen molar-refractivity contribution in [3.63, 3.8) is 0 Å². The number of unbranched alkanes of at least 4 members (excludes halogenated alkanes) is 2. The minimum absolute atomic E-state index is 0.0831. The van der Waals surface area contributed by atoms with Gasteiger partial charge in [0.15, 0.2) is 0 Å². The van der Waals surface area contributed by atoms with Crippen LogP contribution in [0.5, 0.6) is 0 Å². The average molecular weight is 504 g/mol. The SMILES string of the molecule is CCCCC[C@H](NC(=O)[C@H](C)NC(=O)[C@H](N)CC1CCCCC1)B1O[C@@H]2C[C@@H]3C[C@@H](C3(C)C)[C@]2(C)O1. The highest BCUT2D eigenvalue weighted by molar-refractivity contribution is 6.47. The van der Waals surface area contributed by atoms with E-state index >= 15 is 0 Å². The van der Waals surface area contributed by atoms with Crippen LogP contribution in [0.3, 0.4) is 0 Å². The number of rotatable bonds is 11. The van der Waals surface area contributed by atoms with Crippen molar-refractivity contribution in [2.75, 3.05) is 0 Å². The Balaban J connectivity index is 1.33. The van der Waals surface area contributed by atoms with Crippen molar-refractivity contribution in [2.24, 2.45) is 28.9 Å². The van der Waals surface area contributed by atoms with Gasteiger partial charge in [-0.3, -0.25) is 9.59 Å². The molecule has 1 saturated heterocycles. The van der Waals surface area contributed by atoms with Gasteiger partial charge < -0.3 is 25.7 Å². The van der Waals surface area contributed by atoms with E-state index in [2.05, 4.69) is 38.3 Å². The molecule has 4 N–H and O–H groups in total. The van der Waals surface area contributed by atoms with Gasteiger partial charge in [0.25, 0.3) is 0 Å². The van der Waals surface area contributed by atoms with E-state index < -0.39 is 19.2 Å². The predicted molar refractivity (Wildman–Crippen MR) is 143 cm³/mol.